The second-order valence-electron chi connectivity index (χ2n) is 6.10. The second kappa shape index (κ2) is 6.25. The van der Waals surface area contributed by atoms with Gasteiger partial charge in [-0.2, -0.15) is 0 Å². The van der Waals surface area contributed by atoms with Crippen LogP contribution in [0.5, 0.6) is 0 Å². The van der Waals surface area contributed by atoms with Crippen molar-refractivity contribution in [1.29, 1.82) is 0 Å². The van der Waals surface area contributed by atoms with Crippen LogP contribution in [0, 0.1) is 11.6 Å². The highest BCUT2D eigenvalue weighted by Crippen LogP contribution is 2.23. The highest BCUT2D eigenvalue weighted by atomic mass is 19.1. The second-order valence-corrected chi connectivity index (χ2v) is 6.10. The minimum atomic E-state index is -0.508. The first-order valence-electron chi connectivity index (χ1n) is 8.33. The fraction of sp³-hybridized carbons (Fsp3) is 0.158. The van der Waals surface area contributed by atoms with E-state index in [1.54, 1.807) is 17.0 Å². The summed E-state index contributed by atoms with van der Waals surface area (Å²) in [5, 5.41) is 0. The average molecular weight is 354 g/mol. The number of fused-ring (bicyclic) bond motifs is 1. The van der Waals surface area contributed by atoms with E-state index in [0.717, 1.165) is 41.6 Å². The lowest BCUT2D eigenvalue weighted by molar-refractivity contribution is -0.675. The number of benzene rings is 2. The van der Waals surface area contributed by atoms with Crippen molar-refractivity contribution < 1.29 is 13.3 Å². The summed E-state index contributed by atoms with van der Waals surface area (Å²) in [5.74, 6) is 0.291. The number of aryl methyl sites for hydroxylation is 1. The summed E-state index contributed by atoms with van der Waals surface area (Å²) in [6, 6.07) is 9.08. The molecule has 0 aliphatic rings. The Bertz CT molecular complexity index is 1100. The summed E-state index contributed by atoms with van der Waals surface area (Å²) in [4.78, 5) is 7.59. The first kappa shape index (κ1) is 16.3. The smallest absolute Gasteiger partial charge is 0.275 e. The van der Waals surface area contributed by atoms with Gasteiger partial charge in [0.25, 0.3) is 5.82 Å². The molecule has 5 nitrogen and oxygen atoms in total. The lowest BCUT2D eigenvalue weighted by atomic mass is 10.2. The molecule has 0 saturated heterocycles. The minimum Gasteiger partial charge on any atom is -0.399 e. The van der Waals surface area contributed by atoms with E-state index in [1.165, 1.54) is 0 Å². The molecule has 2 heterocycles. The summed E-state index contributed by atoms with van der Waals surface area (Å²) in [5.41, 5.74) is 8.66. The van der Waals surface area contributed by atoms with Gasteiger partial charge in [0.2, 0.25) is 0 Å². The number of hydrogen-bond donors (Lipinski definition) is 2. The predicted octanol–water partition coefficient (Wildman–Crippen LogP) is 3.25. The molecule has 0 atom stereocenters. The maximum Gasteiger partial charge on any atom is 0.275 e. The summed E-state index contributed by atoms with van der Waals surface area (Å²) >= 11 is 0. The van der Waals surface area contributed by atoms with E-state index < -0.39 is 11.6 Å². The SMILES string of the molecule is CC[n+]1c(Cn2ccnc2-c2cc(F)ccc2F)[nH]c2cc(N)ccc21. The van der Waals surface area contributed by atoms with Crippen LogP contribution in [0.1, 0.15) is 12.7 Å². The maximum atomic E-state index is 14.2. The molecular formula is C19H18F2N5+. The number of nitrogens with zero attached hydrogens (tertiary/aromatic N) is 3. The van der Waals surface area contributed by atoms with Crippen molar-refractivity contribution in [3.63, 3.8) is 0 Å². The number of rotatable bonds is 4. The van der Waals surface area contributed by atoms with Crippen LogP contribution < -0.4 is 10.3 Å². The number of anilines is 1. The third-order valence-corrected chi connectivity index (χ3v) is 4.44. The highest BCUT2D eigenvalue weighted by molar-refractivity contribution is 5.75. The predicted molar refractivity (Wildman–Crippen MR) is 95.3 cm³/mol. The van der Waals surface area contributed by atoms with Crippen molar-refractivity contribution >= 4 is 16.7 Å². The summed E-state index contributed by atoms with van der Waals surface area (Å²) in [6.45, 7) is 3.25. The van der Waals surface area contributed by atoms with E-state index in [9.17, 15) is 8.78 Å². The fourth-order valence-electron chi connectivity index (χ4n) is 3.25. The Morgan fingerprint density at radius 1 is 1.19 bits per heavy atom. The number of aromatic amines is 1. The van der Waals surface area contributed by atoms with Crippen LogP contribution in [-0.4, -0.2) is 14.5 Å². The Labute approximate surface area is 148 Å². The molecule has 0 radical (unpaired) electrons. The van der Waals surface area contributed by atoms with Gasteiger partial charge in [-0.1, -0.05) is 0 Å². The van der Waals surface area contributed by atoms with Crippen molar-refractivity contribution in [3.8, 4) is 11.4 Å². The molecule has 0 amide bonds. The standard InChI is InChI=1S/C19H17F2N5/c1-2-26-17-6-4-13(22)10-16(17)24-18(26)11-25-8-7-23-19(25)14-9-12(20)3-5-15(14)21/h3-10H,2,11,22H2,1H3/p+1. The number of halogens is 2. The Hall–Kier alpha value is -3.22. The third kappa shape index (κ3) is 2.71. The quantitative estimate of drug-likeness (QED) is 0.436. The van der Waals surface area contributed by atoms with Crippen LogP contribution in [0.4, 0.5) is 14.5 Å². The van der Waals surface area contributed by atoms with Crippen LogP contribution in [0.2, 0.25) is 0 Å². The topological polar surface area (TPSA) is 63.5 Å². The van der Waals surface area contributed by atoms with Gasteiger partial charge in [0.1, 0.15) is 24.0 Å². The number of nitrogens with one attached hydrogen (secondary N) is 1. The van der Waals surface area contributed by atoms with Crippen LogP contribution >= 0.6 is 0 Å². The van der Waals surface area contributed by atoms with Crippen molar-refractivity contribution in [1.82, 2.24) is 14.5 Å². The molecule has 3 N–H and O–H groups in total. The van der Waals surface area contributed by atoms with Gasteiger partial charge in [-0.15, -0.1) is 0 Å². The lowest BCUT2D eigenvalue weighted by Gasteiger charge is -2.07. The molecule has 0 bridgehead atoms. The van der Waals surface area contributed by atoms with E-state index in [-0.39, 0.29) is 5.56 Å². The van der Waals surface area contributed by atoms with Crippen molar-refractivity contribution in [2.45, 2.75) is 20.0 Å². The van der Waals surface area contributed by atoms with Crippen molar-refractivity contribution in [2.24, 2.45) is 0 Å². The summed E-state index contributed by atoms with van der Waals surface area (Å²) < 4.78 is 31.6. The number of imidazole rings is 2. The van der Waals surface area contributed by atoms with Gasteiger partial charge in [0.15, 0.2) is 11.0 Å². The zero-order valence-electron chi connectivity index (χ0n) is 14.2. The largest absolute Gasteiger partial charge is 0.399 e. The summed E-state index contributed by atoms with van der Waals surface area (Å²) in [7, 11) is 0. The van der Waals surface area contributed by atoms with E-state index in [0.29, 0.717) is 18.1 Å². The molecule has 4 rings (SSSR count). The molecule has 0 spiro atoms. The van der Waals surface area contributed by atoms with Crippen molar-refractivity contribution in [2.75, 3.05) is 5.73 Å². The van der Waals surface area contributed by atoms with Gasteiger partial charge < -0.3 is 10.3 Å². The molecule has 0 saturated carbocycles. The fourth-order valence-corrected chi connectivity index (χ4v) is 3.25. The molecule has 132 valence electrons. The normalized spacial score (nSPS) is 11.3. The zero-order valence-corrected chi connectivity index (χ0v) is 14.2. The Kier molecular flexibility index (Phi) is 3.91. The number of hydrogen-bond acceptors (Lipinski definition) is 2. The highest BCUT2D eigenvalue weighted by Gasteiger charge is 2.20. The first-order chi connectivity index (χ1) is 12.6. The zero-order chi connectivity index (χ0) is 18.3. The van der Waals surface area contributed by atoms with Gasteiger partial charge in [0, 0.05) is 24.1 Å². The van der Waals surface area contributed by atoms with Gasteiger partial charge in [0.05, 0.1) is 12.1 Å². The molecular weight excluding hydrogens is 336 g/mol. The van der Waals surface area contributed by atoms with E-state index in [4.69, 9.17) is 5.73 Å². The van der Waals surface area contributed by atoms with Gasteiger partial charge in [-0.3, -0.25) is 0 Å². The number of nitrogens with two attached hydrogens (primary N) is 1. The number of H-pyrrole nitrogens is 1. The van der Waals surface area contributed by atoms with Crippen LogP contribution in [0.3, 0.4) is 0 Å². The maximum absolute atomic E-state index is 14.2. The molecule has 7 heteroatoms. The number of aromatic nitrogens is 4. The Balaban J connectivity index is 1.79. The van der Waals surface area contributed by atoms with Crippen LogP contribution in [0.25, 0.3) is 22.4 Å². The van der Waals surface area contributed by atoms with Gasteiger partial charge in [-0.25, -0.2) is 23.3 Å². The van der Waals surface area contributed by atoms with Gasteiger partial charge >= 0.3 is 0 Å². The first-order valence-corrected chi connectivity index (χ1v) is 8.33. The molecule has 0 fully saturated rings. The third-order valence-electron chi connectivity index (χ3n) is 4.44. The molecule has 0 aliphatic heterocycles. The molecule has 2 aromatic heterocycles. The van der Waals surface area contributed by atoms with E-state index in [2.05, 4.69) is 14.5 Å². The Morgan fingerprint density at radius 3 is 2.85 bits per heavy atom. The Morgan fingerprint density at radius 2 is 2.04 bits per heavy atom. The molecule has 0 aliphatic carbocycles. The minimum absolute atomic E-state index is 0.137. The van der Waals surface area contributed by atoms with Gasteiger partial charge in [-0.05, 0) is 37.3 Å². The van der Waals surface area contributed by atoms with Crippen LogP contribution in [0.15, 0.2) is 48.8 Å². The number of nitrogen functional groups attached to an aromatic ring is 1. The molecule has 4 aromatic rings. The molecule has 0 unspecified atom stereocenters. The van der Waals surface area contributed by atoms with Crippen molar-refractivity contribution in [3.05, 3.63) is 66.3 Å². The summed E-state index contributed by atoms with van der Waals surface area (Å²) in [6.07, 6.45) is 3.33. The average Bonchev–Trinajstić information content (AvgIpc) is 3.20. The molecule has 26 heavy (non-hydrogen) atoms. The van der Waals surface area contributed by atoms with Crippen LogP contribution in [-0.2, 0) is 13.1 Å². The van der Waals surface area contributed by atoms with E-state index >= 15 is 0 Å². The lowest BCUT2D eigenvalue weighted by Crippen LogP contribution is -2.36. The monoisotopic (exact) mass is 354 g/mol. The molecule has 2 aromatic carbocycles. The van der Waals surface area contributed by atoms with E-state index in [1.807, 2.05) is 25.1 Å².